The first-order chi connectivity index (χ1) is 19.5. The quantitative estimate of drug-likeness (QED) is 0.286. The van der Waals surface area contributed by atoms with E-state index in [4.69, 9.17) is 21.3 Å². The SMILES string of the molecule is COc1cc(N2CCC(N3CCN(C(C)C)CC3)CC2)ccc1Nc1ncc(Cl)c(-c2c[nH]c3ccccc23)n1. The molecule has 2 saturated heterocycles. The van der Waals surface area contributed by atoms with Crippen molar-refractivity contribution in [2.45, 2.75) is 38.8 Å². The number of anilines is 3. The zero-order valence-electron chi connectivity index (χ0n) is 23.5. The van der Waals surface area contributed by atoms with Crippen LogP contribution in [0.1, 0.15) is 26.7 Å². The molecule has 4 heterocycles. The van der Waals surface area contributed by atoms with E-state index in [1.54, 1.807) is 13.3 Å². The number of hydrogen-bond donors (Lipinski definition) is 2. The fourth-order valence-corrected chi connectivity index (χ4v) is 6.28. The maximum absolute atomic E-state index is 6.53. The van der Waals surface area contributed by atoms with Crippen LogP contribution < -0.4 is 15.0 Å². The Morgan fingerprint density at radius 1 is 1.02 bits per heavy atom. The minimum absolute atomic E-state index is 0.467. The lowest BCUT2D eigenvalue weighted by atomic mass is 10.0. The van der Waals surface area contributed by atoms with E-state index in [0.29, 0.717) is 28.7 Å². The van der Waals surface area contributed by atoms with Crippen molar-refractivity contribution in [3.8, 4) is 17.0 Å². The Morgan fingerprint density at radius 3 is 2.55 bits per heavy atom. The molecule has 0 spiro atoms. The first kappa shape index (κ1) is 26.9. The molecule has 40 heavy (non-hydrogen) atoms. The van der Waals surface area contributed by atoms with E-state index in [9.17, 15) is 0 Å². The Morgan fingerprint density at radius 2 is 1.80 bits per heavy atom. The first-order valence-electron chi connectivity index (χ1n) is 14.3. The lowest BCUT2D eigenvalue weighted by molar-refractivity contribution is 0.0692. The molecule has 0 saturated carbocycles. The highest BCUT2D eigenvalue weighted by molar-refractivity contribution is 6.33. The normalized spacial score (nSPS) is 17.6. The number of piperazine rings is 1. The number of nitrogens with zero attached hydrogens (tertiary/aromatic N) is 5. The van der Waals surface area contributed by atoms with Crippen molar-refractivity contribution < 1.29 is 4.74 Å². The van der Waals surface area contributed by atoms with Crippen molar-refractivity contribution in [3.05, 3.63) is 59.9 Å². The van der Waals surface area contributed by atoms with E-state index >= 15 is 0 Å². The molecule has 0 atom stereocenters. The van der Waals surface area contributed by atoms with Crippen LogP contribution in [0.15, 0.2) is 54.9 Å². The van der Waals surface area contributed by atoms with Gasteiger partial charge in [0.25, 0.3) is 0 Å². The number of fused-ring (bicyclic) bond motifs is 1. The largest absolute Gasteiger partial charge is 0.494 e. The van der Waals surface area contributed by atoms with Crippen molar-refractivity contribution in [1.29, 1.82) is 0 Å². The Bertz CT molecular complexity index is 1460. The maximum Gasteiger partial charge on any atom is 0.227 e. The molecule has 2 aromatic carbocycles. The van der Waals surface area contributed by atoms with Gasteiger partial charge in [0.2, 0.25) is 5.95 Å². The predicted octanol–water partition coefficient (Wildman–Crippen LogP) is 6.03. The van der Waals surface area contributed by atoms with Gasteiger partial charge >= 0.3 is 0 Å². The van der Waals surface area contributed by atoms with Gasteiger partial charge in [-0.1, -0.05) is 29.8 Å². The van der Waals surface area contributed by atoms with Crippen LogP contribution in [0.2, 0.25) is 5.02 Å². The molecule has 9 heteroatoms. The average Bonchev–Trinajstić information content (AvgIpc) is 3.42. The number of halogens is 1. The fourth-order valence-electron chi connectivity index (χ4n) is 6.09. The molecule has 4 aromatic rings. The molecule has 210 valence electrons. The number of piperidine rings is 1. The van der Waals surface area contributed by atoms with Gasteiger partial charge in [-0.15, -0.1) is 0 Å². The summed E-state index contributed by atoms with van der Waals surface area (Å²) in [7, 11) is 1.70. The summed E-state index contributed by atoms with van der Waals surface area (Å²) in [5, 5.41) is 4.92. The van der Waals surface area contributed by atoms with E-state index in [1.807, 2.05) is 24.4 Å². The van der Waals surface area contributed by atoms with E-state index < -0.39 is 0 Å². The summed E-state index contributed by atoms with van der Waals surface area (Å²) >= 11 is 6.53. The zero-order chi connectivity index (χ0) is 27.6. The van der Waals surface area contributed by atoms with Crippen LogP contribution in [-0.2, 0) is 0 Å². The molecule has 0 amide bonds. The summed E-state index contributed by atoms with van der Waals surface area (Å²) in [6.07, 6.45) is 5.97. The van der Waals surface area contributed by atoms with Crippen molar-refractivity contribution in [3.63, 3.8) is 0 Å². The van der Waals surface area contributed by atoms with Gasteiger partial charge < -0.3 is 19.9 Å². The molecular formula is C31H38ClN7O. The molecular weight excluding hydrogens is 522 g/mol. The van der Waals surface area contributed by atoms with Gasteiger partial charge in [0.1, 0.15) is 5.75 Å². The van der Waals surface area contributed by atoms with E-state index in [2.05, 4.69) is 68.1 Å². The van der Waals surface area contributed by atoms with Gasteiger partial charge in [0.15, 0.2) is 0 Å². The van der Waals surface area contributed by atoms with E-state index in [0.717, 1.165) is 41.0 Å². The van der Waals surface area contributed by atoms with Gasteiger partial charge in [-0.05, 0) is 44.9 Å². The predicted molar refractivity (Wildman–Crippen MR) is 164 cm³/mol. The molecule has 2 fully saturated rings. The number of nitrogens with one attached hydrogen (secondary N) is 2. The molecule has 2 N–H and O–H groups in total. The number of rotatable bonds is 7. The van der Waals surface area contributed by atoms with Crippen LogP contribution in [0.5, 0.6) is 5.75 Å². The van der Waals surface area contributed by atoms with Crippen LogP contribution in [0, 0.1) is 0 Å². The Labute approximate surface area is 241 Å². The maximum atomic E-state index is 6.53. The molecule has 0 radical (unpaired) electrons. The molecule has 0 unspecified atom stereocenters. The number of methoxy groups -OCH3 is 1. The Balaban J connectivity index is 1.13. The van der Waals surface area contributed by atoms with Gasteiger partial charge in [-0.2, -0.15) is 0 Å². The van der Waals surface area contributed by atoms with Crippen LogP contribution in [0.4, 0.5) is 17.3 Å². The molecule has 2 aliphatic rings. The smallest absolute Gasteiger partial charge is 0.227 e. The monoisotopic (exact) mass is 559 g/mol. The number of ether oxygens (including phenoxy) is 1. The molecule has 8 nitrogen and oxygen atoms in total. The fraction of sp³-hybridized carbons (Fsp3) is 0.419. The molecule has 0 aliphatic carbocycles. The van der Waals surface area contributed by atoms with E-state index in [1.165, 1.54) is 44.7 Å². The minimum Gasteiger partial charge on any atom is -0.494 e. The van der Waals surface area contributed by atoms with Crippen LogP contribution in [0.25, 0.3) is 22.2 Å². The summed E-state index contributed by atoms with van der Waals surface area (Å²) in [5.41, 5.74) is 4.66. The number of hydrogen-bond acceptors (Lipinski definition) is 7. The standard InChI is InChI=1S/C31H38ClN7O/c1-21(2)37-14-16-39(17-15-37)22-10-12-38(13-11-22)23-8-9-28(29(18-23)40-3)35-31-34-20-26(32)30(36-31)25-19-33-27-7-5-4-6-24(25)27/h4-9,18-22,33H,10-17H2,1-3H3,(H,34,35,36). The molecule has 0 bridgehead atoms. The number of H-pyrrole nitrogens is 1. The highest BCUT2D eigenvalue weighted by Gasteiger charge is 2.28. The van der Waals surface area contributed by atoms with Crippen LogP contribution in [0.3, 0.4) is 0 Å². The van der Waals surface area contributed by atoms with Gasteiger partial charge in [0, 0.05) is 85.8 Å². The third-order valence-electron chi connectivity index (χ3n) is 8.45. The molecule has 2 aliphatic heterocycles. The summed E-state index contributed by atoms with van der Waals surface area (Å²) < 4.78 is 5.79. The Hall–Kier alpha value is -3.33. The van der Waals surface area contributed by atoms with Crippen LogP contribution >= 0.6 is 11.6 Å². The average molecular weight is 560 g/mol. The second kappa shape index (κ2) is 11.6. The Kier molecular flexibility index (Phi) is 7.82. The third-order valence-corrected chi connectivity index (χ3v) is 8.72. The summed E-state index contributed by atoms with van der Waals surface area (Å²) in [6.45, 7) is 11.5. The third kappa shape index (κ3) is 5.48. The van der Waals surface area contributed by atoms with Gasteiger partial charge in [-0.25, -0.2) is 9.97 Å². The van der Waals surface area contributed by atoms with Crippen LogP contribution in [-0.4, -0.2) is 83.2 Å². The van der Waals surface area contributed by atoms with Crippen molar-refractivity contribution in [2.75, 3.05) is 56.6 Å². The van der Waals surface area contributed by atoms with Crippen molar-refractivity contribution in [1.82, 2.24) is 24.8 Å². The van der Waals surface area contributed by atoms with Crippen molar-refractivity contribution >= 4 is 39.8 Å². The summed E-state index contributed by atoms with van der Waals surface area (Å²) in [6, 6.07) is 15.8. The van der Waals surface area contributed by atoms with Crippen molar-refractivity contribution in [2.24, 2.45) is 0 Å². The number of aromatic nitrogens is 3. The van der Waals surface area contributed by atoms with E-state index in [-0.39, 0.29) is 0 Å². The highest BCUT2D eigenvalue weighted by Crippen LogP contribution is 2.35. The molecule has 2 aromatic heterocycles. The lowest BCUT2D eigenvalue weighted by Crippen LogP contribution is -2.54. The van der Waals surface area contributed by atoms with Gasteiger partial charge in [-0.3, -0.25) is 9.80 Å². The lowest BCUT2D eigenvalue weighted by Gasteiger charge is -2.44. The number of para-hydroxylation sites is 1. The second-order valence-corrected chi connectivity index (χ2v) is 11.4. The van der Waals surface area contributed by atoms with Gasteiger partial charge in [0.05, 0.1) is 29.7 Å². The second-order valence-electron chi connectivity index (χ2n) is 11.0. The topological polar surface area (TPSA) is 72.6 Å². The summed E-state index contributed by atoms with van der Waals surface area (Å²) in [5.74, 6) is 1.23. The number of aromatic amines is 1. The number of benzene rings is 2. The summed E-state index contributed by atoms with van der Waals surface area (Å²) in [4.78, 5) is 20.3. The molecule has 6 rings (SSSR count). The zero-order valence-corrected chi connectivity index (χ0v) is 24.3. The highest BCUT2D eigenvalue weighted by atomic mass is 35.5. The first-order valence-corrected chi connectivity index (χ1v) is 14.6. The minimum atomic E-state index is 0.467.